The van der Waals surface area contributed by atoms with Crippen LogP contribution in [-0.2, 0) is 5.60 Å². The summed E-state index contributed by atoms with van der Waals surface area (Å²) in [4.78, 5) is 13.6. The SMILES string of the molecule is CN(C)CCCC(O)(c1ccc(F)cc1)c1c(Cl)cccc1C(=O)O. The molecule has 6 heteroatoms. The minimum absolute atomic E-state index is 0.0656. The average Bonchev–Trinajstić information content (AvgIpc) is 2.54. The van der Waals surface area contributed by atoms with Gasteiger partial charge in [-0.25, -0.2) is 9.18 Å². The smallest absolute Gasteiger partial charge is 0.336 e. The van der Waals surface area contributed by atoms with E-state index in [1.54, 1.807) is 6.07 Å². The lowest BCUT2D eigenvalue weighted by molar-refractivity contribution is 0.0581. The largest absolute Gasteiger partial charge is 0.478 e. The zero-order chi connectivity index (χ0) is 18.6. The first-order valence-corrected chi connectivity index (χ1v) is 8.29. The van der Waals surface area contributed by atoms with E-state index in [1.807, 2.05) is 19.0 Å². The predicted molar refractivity (Wildman–Crippen MR) is 95.6 cm³/mol. The Kier molecular flexibility index (Phi) is 6.16. The highest BCUT2D eigenvalue weighted by Gasteiger charge is 2.36. The van der Waals surface area contributed by atoms with Crippen molar-refractivity contribution in [1.29, 1.82) is 0 Å². The van der Waals surface area contributed by atoms with Gasteiger partial charge in [-0.1, -0.05) is 29.8 Å². The summed E-state index contributed by atoms with van der Waals surface area (Å²) in [5.74, 6) is -1.61. The standard InChI is InChI=1S/C19H21ClFNO3/c1-22(2)12-4-11-19(25,13-7-9-14(21)10-8-13)17-15(18(23)24)5-3-6-16(17)20/h3,5-10,25H,4,11-12H2,1-2H3,(H,23,24). The Bertz CT molecular complexity index is 749. The van der Waals surface area contributed by atoms with Crippen LogP contribution in [0.2, 0.25) is 5.02 Å². The summed E-state index contributed by atoms with van der Waals surface area (Å²) in [6.45, 7) is 0.705. The van der Waals surface area contributed by atoms with Crippen LogP contribution in [0.5, 0.6) is 0 Å². The normalized spacial score (nSPS) is 13.7. The summed E-state index contributed by atoms with van der Waals surface area (Å²) < 4.78 is 13.3. The van der Waals surface area contributed by atoms with Gasteiger partial charge in [0, 0.05) is 10.6 Å². The molecule has 0 spiro atoms. The van der Waals surface area contributed by atoms with E-state index in [-0.39, 0.29) is 22.6 Å². The molecule has 134 valence electrons. The molecular formula is C19H21ClFNO3. The highest BCUT2D eigenvalue weighted by Crippen LogP contribution is 2.40. The van der Waals surface area contributed by atoms with Crippen molar-refractivity contribution in [2.45, 2.75) is 18.4 Å². The van der Waals surface area contributed by atoms with Crippen molar-refractivity contribution in [3.05, 3.63) is 70.0 Å². The van der Waals surface area contributed by atoms with Crippen molar-refractivity contribution < 1.29 is 19.4 Å². The lowest BCUT2D eigenvalue weighted by Gasteiger charge is -2.32. The third-order valence-electron chi connectivity index (χ3n) is 4.12. The minimum atomic E-state index is -1.63. The van der Waals surface area contributed by atoms with Crippen LogP contribution in [0.1, 0.15) is 34.3 Å². The van der Waals surface area contributed by atoms with Gasteiger partial charge in [0.1, 0.15) is 11.4 Å². The first-order chi connectivity index (χ1) is 11.8. The molecular weight excluding hydrogens is 345 g/mol. The number of rotatable bonds is 7. The molecule has 0 aliphatic carbocycles. The average molecular weight is 366 g/mol. The van der Waals surface area contributed by atoms with E-state index in [1.165, 1.54) is 36.4 Å². The number of halogens is 2. The quantitative estimate of drug-likeness (QED) is 0.784. The number of hydrogen-bond donors (Lipinski definition) is 2. The van der Waals surface area contributed by atoms with E-state index in [4.69, 9.17) is 11.6 Å². The molecule has 2 rings (SSSR count). The highest BCUT2D eigenvalue weighted by atomic mass is 35.5. The van der Waals surface area contributed by atoms with Gasteiger partial charge in [-0.15, -0.1) is 0 Å². The molecule has 0 radical (unpaired) electrons. The lowest BCUT2D eigenvalue weighted by Crippen LogP contribution is -2.31. The molecule has 2 aromatic rings. The van der Waals surface area contributed by atoms with Gasteiger partial charge in [0.15, 0.2) is 0 Å². The second kappa shape index (κ2) is 7.95. The van der Waals surface area contributed by atoms with Crippen LogP contribution in [0.3, 0.4) is 0 Å². The van der Waals surface area contributed by atoms with Crippen molar-refractivity contribution >= 4 is 17.6 Å². The van der Waals surface area contributed by atoms with E-state index in [9.17, 15) is 19.4 Å². The second-order valence-electron chi connectivity index (χ2n) is 6.24. The first kappa shape index (κ1) is 19.4. The third kappa shape index (κ3) is 4.37. The maximum absolute atomic E-state index is 13.3. The molecule has 0 saturated carbocycles. The number of carboxylic acids is 1. The van der Waals surface area contributed by atoms with Gasteiger partial charge in [0.25, 0.3) is 0 Å². The number of nitrogens with zero attached hydrogens (tertiary/aromatic N) is 1. The summed E-state index contributed by atoms with van der Waals surface area (Å²) in [5.41, 5.74) is -1.16. The van der Waals surface area contributed by atoms with Gasteiger partial charge in [0.05, 0.1) is 5.56 Å². The Morgan fingerprint density at radius 2 is 1.84 bits per heavy atom. The molecule has 0 heterocycles. The maximum Gasteiger partial charge on any atom is 0.336 e. The zero-order valence-corrected chi connectivity index (χ0v) is 14.9. The van der Waals surface area contributed by atoms with E-state index < -0.39 is 17.4 Å². The van der Waals surface area contributed by atoms with Gasteiger partial charge in [-0.3, -0.25) is 0 Å². The summed E-state index contributed by atoms with van der Waals surface area (Å²) >= 11 is 6.27. The fourth-order valence-corrected chi connectivity index (χ4v) is 3.24. The molecule has 1 unspecified atom stereocenters. The lowest BCUT2D eigenvalue weighted by atomic mass is 9.80. The van der Waals surface area contributed by atoms with Crippen LogP contribution < -0.4 is 0 Å². The summed E-state index contributed by atoms with van der Waals surface area (Å²) in [6, 6.07) is 9.88. The monoisotopic (exact) mass is 365 g/mol. The van der Waals surface area contributed by atoms with Crippen molar-refractivity contribution in [3.63, 3.8) is 0 Å². The number of aromatic carboxylic acids is 1. The summed E-state index contributed by atoms with van der Waals surface area (Å²) in [5, 5.41) is 21.2. The third-order valence-corrected chi connectivity index (χ3v) is 4.44. The Morgan fingerprint density at radius 3 is 2.40 bits per heavy atom. The van der Waals surface area contributed by atoms with Gasteiger partial charge in [-0.2, -0.15) is 0 Å². The first-order valence-electron chi connectivity index (χ1n) is 7.91. The molecule has 4 nitrogen and oxygen atoms in total. The van der Waals surface area contributed by atoms with E-state index in [0.29, 0.717) is 18.5 Å². The second-order valence-corrected chi connectivity index (χ2v) is 6.65. The highest BCUT2D eigenvalue weighted by molar-refractivity contribution is 6.32. The number of aliphatic hydroxyl groups is 1. The van der Waals surface area contributed by atoms with Crippen molar-refractivity contribution in [1.82, 2.24) is 4.90 Å². The molecule has 0 fully saturated rings. The van der Waals surface area contributed by atoms with Crippen LogP contribution in [0.25, 0.3) is 0 Å². The van der Waals surface area contributed by atoms with Gasteiger partial charge in [-0.05, 0) is 63.3 Å². The zero-order valence-electron chi connectivity index (χ0n) is 14.2. The van der Waals surface area contributed by atoms with Crippen molar-refractivity contribution in [2.75, 3.05) is 20.6 Å². The van der Waals surface area contributed by atoms with Gasteiger partial charge >= 0.3 is 5.97 Å². The summed E-state index contributed by atoms with van der Waals surface area (Å²) in [7, 11) is 3.82. The fourth-order valence-electron chi connectivity index (χ4n) is 2.91. The predicted octanol–water partition coefficient (Wildman–Crippen LogP) is 3.76. The number of hydrogen-bond acceptors (Lipinski definition) is 3. The molecule has 2 aromatic carbocycles. The number of carboxylic acid groups (broad SMARTS) is 1. The van der Waals surface area contributed by atoms with Gasteiger partial charge in [0.2, 0.25) is 0 Å². The van der Waals surface area contributed by atoms with E-state index in [2.05, 4.69) is 0 Å². The maximum atomic E-state index is 13.3. The van der Waals surface area contributed by atoms with Gasteiger partial charge < -0.3 is 15.1 Å². The van der Waals surface area contributed by atoms with E-state index in [0.717, 1.165) is 0 Å². The summed E-state index contributed by atoms with van der Waals surface area (Å²) in [6.07, 6.45) is 0.853. The Hall–Kier alpha value is -1.95. The van der Waals surface area contributed by atoms with Crippen LogP contribution >= 0.6 is 11.6 Å². The molecule has 2 N–H and O–H groups in total. The topological polar surface area (TPSA) is 60.8 Å². The molecule has 0 aliphatic heterocycles. The number of benzene rings is 2. The van der Waals surface area contributed by atoms with Crippen LogP contribution in [0, 0.1) is 5.82 Å². The molecule has 0 aliphatic rings. The Balaban J connectivity index is 2.59. The van der Waals surface area contributed by atoms with Crippen LogP contribution in [0.4, 0.5) is 4.39 Å². The van der Waals surface area contributed by atoms with Crippen molar-refractivity contribution in [3.8, 4) is 0 Å². The molecule has 1 atom stereocenters. The molecule has 25 heavy (non-hydrogen) atoms. The minimum Gasteiger partial charge on any atom is -0.478 e. The molecule has 0 amide bonds. The van der Waals surface area contributed by atoms with Crippen molar-refractivity contribution in [2.24, 2.45) is 0 Å². The Labute approximate surface area is 151 Å². The Morgan fingerprint density at radius 1 is 1.20 bits per heavy atom. The molecule has 0 aromatic heterocycles. The molecule has 0 bridgehead atoms. The number of carbonyl (C=O) groups is 1. The molecule has 0 saturated heterocycles. The van der Waals surface area contributed by atoms with E-state index >= 15 is 0 Å². The fraction of sp³-hybridized carbons (Fsp3) is 0.316. The van der Waals surface area contributed by atoms with Crippen LogP contribution in [-0.4, -0.2) is 41.7 Å². The van der Waals surface area contributed by atoms with Crippen LogP contribution in [0.15, 0.2) is 42.5 Å².